The Balaban J connectivity index is 2.01. The fourth-order valence-electron chi connectivity index (χ4n) is 2.01. The number of nitrogens with one attached hydrogen (secondary N) is 3. The van der Waals surface area contributed by atoms with Crippen LogP contribution >= 0.6 is 0 Å². The minimum absolute atomic E-state index is 0.0965. The van der Waals surface area contributed by atoms with Crippen LogP contribution in [0.1, 0.15) is 27.2 Å². The molecule has 23 heavy (non-hydrogen) atoms. The van der Waals surface area contributed by atoms with Crippen LogP contribution in [0.3, 0.4) is 0 Å². The number of amides is 1. The molecule has 0 spiro atoms. The summed E-state index contributed by atoms with van der Waals surface area (Å²) in [5.41, 5.74) is 1.59. The van der Waals surface area contributed by atoms with Crippen molar-refractivity contribution in [2.24, 2.45) is 5.92 Å². The molecule has 6 nitrogen and oxygen atoms in total. The molecule has 0 atom stereocenters. The highest BCUT2D eigenvalue weighted by Crippen LogP contribution is 2.19. The fraction of sp³-hybridized carbons (Fsp3) is 0.353. The standard InChI is InChI=1S/C17H23N5O/c1-12(2)7-9-18-17-19-10-8-16(22-17)21-15-6-4-5-14(11-15)20-13(3)23/h4-6,8,10-12H,7,9H2,1-3H3,(H,20,23)(H2,18,19,21,22). The molecule has 2 aromatic rings. The first-order valence-electron chi connectivity index (χ1n) is 7.74. The second kappa shape index (κ2) is 8.12. The van der Waals surface area contributed by atoms with Crippen molar-refractivity contribution in [1.29, 1.82) is 0 Å². The van der Waals surface area contributed by atoms with Gasteiger partial charge in [0.1, 0.15) is 5.82 Å². The Morgan fingerprint density at radius 3 is 2.74 bits per heavy atom. The van der Waals surface area contributed by atoms with Gasteiger partial charge in [0.25, 0.3) is 0 Å². The topological polar surface area (TPSA) is 78.9 Å². The molecule has 1 heterocycles. The third-order valence-corrected chi connectivity index (χ3v) is 3.12. The Bertz CT molecular complexity index is 657. The number of aromatic nitrogens is 2. The highest BCUT2D eigenvalue weighted by atomic mass is 16.1. The van der Waals surface area contributed by atoms with Crippen LogP contribution in [0.25, 0.3) is 0 Å². The lowest BCUT2D eigenvalue weighted by atomic mass is 10.1. The molecule has 0 radical (unpaired) electrons. The van der Waals surface area contributed by atoms with E-state index in [9.17, 15) is 4.79 Å². The monoisotopic (exact) mass is 313 g/mol. The Morgan fingerprint density at radius 2 is 2.00 bits per heavy atom. The zero-order valence-electron chi connectivity index (χ0n) is 13.8. The van der Waals surface area contributed by atoms with Gasteiger partial charge in [0.05, 0.1) is 0 Å². The average Bonchev–Trinajstić information content (AvgIpc) is 2.47. The molecule has 0 aliphatic carbocycles. The van der Waals surface area contributed by atoms with Crippen LogP contribution in [0.15, 0.2) is 36.5 Å². The van der Waals surface area contributed by atoms with Crippen molar-refractivity contribution in [1.82, 2.24) is 9.97 Å². The molecular weight excluding hydrogens is 290 g/mol. The quantitative estimate of drug-likeness (QED) is 0.727. The van der Waals surface area contributed by atoms with Gasteiger partial charge in [-0.1, -0.05) is 19.9 Å². The maximum absolute atomic E-state index is 11.1. The fourth-order valence-corrected chi connectivity index (χ4v) is 2.01. The second-order valence-electron chi connectivity index (χ2n) is 5.76. The van der Waals surface area contributed by atoms with Gasteiger partial charge in [-0.15, -0.1) is 0 Å². The number of hydrogen-bond acceptors (Lipinski definition) is 5. The predicted molar refractivity (Wildman–Crippen MR) is 94.0 cm³/mol. The first kappa shape index (κ1) is 16.7. The maximum atomic E-state index is 11.1. The highest BCUT2D eigenvalue weighted by Gasteiger charge is 2.02. The van der Waals surface area contributed by atoms with Crippen LogP contribution < -0.4 is 16.0 Å². The lowest BCUT2D eigenvalue weighted by Crippen LogP contribution is -2.08. The number of nitrogens with zero attached hydrogens (tertiary/aromatic N) is 2. The molecule has 0 aliphatic rings. The smallest absolute Gasteiger partial charge is 0.224 e. The molecule has 0 aliphatic heterocycles. The van der Waals surface area contributed by atoms with Gasteiger partial charge in [-0.2, -0.15) is 4.98 Å². The van der Waals surface area contributed by atoms with E-state index in [-0.39, 0.29) is 5.91 Å². The van der Waals surface area contributed by atoms with Crippen molar-refractivity contribution in [3.63, 3.8) is 0 Å². The third-order valence-electron chi connectivity index (χ3n) is 3.12. The normalized spacial score (nSPS) is 10.4. The van der Waals surface area contributed by atoms with Crippen molar-refractivity contribution in [2.45, 2.75) is 27.2 Å². The van der Waals surface area contributed by atoms with E-state index >= 15 is 0 Å². The van der Waals surface area contributed by atoms with Crippen LogP contribution in [-0.2, 0) is 4.79 Å². The van der Waals surface area contributed by atoms with E-state index in [1.165, 1.54) is 6.92 Å². The van der Waals surface area contributed by atoms with Crippen molar-refractivity contribution in [3.8, 4) is 0 Å². The number of benzene rings is 1. The van der Waals surface area contributed by atoms with Crippen molar-refractivity contribution >= 4 is 29.0 Å². The van der Waals surface area contributed by atoms with E-state index in [0.717, 1.165) is 24.3 Å². The molecule has 1 aromatic carbocycles. The Kier molecular flexibility index (Phi) is 5.91. The summed E-state index contributed by atoms with van der Waals surface area (Å²) < 4.78 is 0. The second-order valence-corrected chi connectivity index (χ2v) is 5.76. The number of carbonyl (C=O) groups is 1. The number of rotatable bonds is 7. The van der Waals surface area contributed by atoms with Gasteiger partial charge in [-0.05, 0) is 36.6 Å². The summed E-state index contributed by atoms with van der Waals surface area (Å²) in [6, 6.07) is 9.29. The van der Waals surface area contributed by atoms with Crippen LogP contribution in [0.4, 0.5) is 23.1 Å². The molecule has 6 heteroatoms. The molecule has 0 saturated carbocycles. The molecular formula is C17H23N5O. The maximum Gasteiger partial charge on any atom is 0.224 e. The van der Waals surface area contributed by atoms with E-state index in [4.69, 9.17) is 0 Å². The van der Waals surface area contributed by atoms with Gasteiger partial charge in [0.15, 0.2) is 0 Å². The predicted octanol–water partition coefficient (Wildman–Crippen LogP) is 3.64. The zero-order chi connectivity index (χ0) is 16.7. The van der Waals surface area contributed by atoms with E-state index in [1.54, 1.807) is 12.3 Å². The lowest BCUT2D eigenvalue weighted by molar-refractivity contribution is -0.114. The van der Waals surface area contributed by atoms with Gasteiger partial charge in [0, 0.05) is 31.0 Å². The van der Waals surface area contributed by atoms with Crippen LogP contribution in [0, 0.1) is 5.92 Å². The number of anilines is 4. The van der Waals surface area contributed by atoms with E-state index in [1.807, 2.05) is 24.3 Å². The Labute approximate surface area is 136 Å². The summed E-state index contributed by atoms with van der Waals surface area (Å²) in [5.74, 6) is 1.85. The SMILES string of the molecule is CC(=O)Nc1cccc(Nc2ccnc(NCCC(C)C)n2)c1. The molecule has 1 aromatic heterocycles. The van der Waals surface area contributed by atoms with E-state index < -0.39 is 0 Å². The van der Waals surface area contributed by atoms with E-state index in [2.05, 4.69) is 39.8 Å². The summed E-state index contributed by atoms with van der Waals surface area (Å²) in [6.07, 6.45) is 2.78. The van der Waals surface area contributed by atoms with Crippen LogP contribution in [0.5, 0.6) is 0 Å². The molecule has 0 unspecified atom stereocenters. The minimum atomic E-state index is -0.0965. The zero-order valence-corrected chi connectivity index (χ0v) is 13.8. The number of carbonyl (C=O) groups excluding carboxylic acids is 1. The van der Waals surface area contributed by atoms with Gasteiger partial charge in [-0.25, -0.2) is 4.98 Å². The largest absolute Gasteiger partial charge is 0.354 e. The Hall–Kier alpha value is -2.63. The summed E-state index contributed by atoms with van der Waals surface area (Å²) in [5, 5.41) is 9.19. The molecule has 122 valence electrons. The minimum Gasteiger partial charge on any atom is -0.354 e. The van der Waals surface area contributed by atoms with Gasteiger partial charge in [0.2, 0.25) is 11.9 Å². The lowest BCUT2D eigenvalue weighted by Gasteiger charge is -2.10. The van der Waals surface area contributed by atoms with E-state index in [0.29, 0.717) is 17.7 Å². The first-order valence-corrected chi connectivity index (χ1v) is 7.74. The third kappa shape index (κ3) is 5.94. The van der Waals surface area contributed by atoms with Crippen molar-refractivity contribution in [3.05, 3.63) is 36.5 Å². The average molecular weight is 313 g/mol. The molecule has 1 amide bonds. The van der Waals surface area contributed by atoms with Gasteiger partial charge >= 0.3 is 0 Å². The van der Waals surface area contributed by atoms with Crippen LogP contribution in [-0.4, -0.2) is 22.4 Å². The molecule has 0 fully saturated rings. The Morgan fingerprint density at radius 1 is 1.22 bits per heavy atom. The van der Waals surface area contributed by atoms with Crippen molar-refractivity contribution in [2.75, 3.05) is 22.5 Å². The summed E-state index contributed by atoms with van der Waals surface area (Å²) in [4.78, 5) is 19.8. The van der Waals surface area contributed by atoms with Crippen molar-refractivity contribution < 1.29 is 4.79 Å². The highest BCUT2D eigenvalue weighted by molar-refractivity contribution is 5.89. The van der Waals surface area contributed by atoms with Gasteiger partial charge < -0.3 is 16.0 Å². The first-order chi connectivity index (χ1) is 11.0. The molecule has 0 bridgehead atoms. The molecule has 3 N–H and O–H groups in total. The van der Waals surface area contributed by atoms with Gasteiger partial charge in [-0.3, -0.25) is 4.79 Å². The summed E-state index contributed by atoms with van der Waals surface area (Å²) in [7, 11) is 0. The summed E-state index contributed by atoms with van der Waals surface area (Å²) >= 11 is 0. The summed E-state index contributed by atoms with van der Waals surface area (Å²) in [6.45, 7) is 6.70. The van der Waals surface area contributed by atoms with Crippen LogP contribution in [0.2, 0.25) is 0 Å². The molecule has 2 rings (SSSR count). The number of hydrogen-bond donors (Lipinski definition) is 3. The molecule has 0 saturated heterocycles.